The predicted octanol–water partition coefficient (Wildman–Crippen LogP) is -0.488. The van der Waals surface area contributed by atoms with Crippen molar-refractivity contribution in [3.8, 4) is 0 Å². The molecule has 0 radical (unpaired) electrons. The number of hydrogen-bond acceptors (Lipinski definition) is 3. The van der Waals surface area contributed by atoms with Gasteiger partial charge in [-0.15, -0.1) is 0 Å². The molecule has 60 valence electrons. The first kappa shape index (κ1) is 7.59. The summed E-state index contributed by atoms with van der Waals surface area (Å²) in [5.41, 5.74) is 10.9. The number of nitrogen functional groups attached to an aromatic ring is 1. The number of carbonyl (C=O) groups is 1. The number of nitrogens with two attached hydrogens (primary N) is 2. The fourth-order valence-corrected chi connectivity index (χ4v) is 0.695. The number of anilines is 1. The van der Waals surface area contributed by atoms with Crippen LogP contribution in [0.4, 0.5) is 5.69 Å². The molecule has 0 aliphatic carbocycles. The lowest BCUT2D eigenvalue weighted by molar-refractivity contribution is -0.120. The van der Waals surface area contributed by atoms with Crippen LogP contribution in [0.25, 0.3) is 0 Å². The molecule has 0 aliphatic rings. The predicted molar refractivity (Wildman–Crippen MR) is 40.5 cm³/mol. The van der Waals surface area contributed by atoms with Crippen LogP contribution in [0.15, 0.2) is 12.4 Å². The van der Waals surface area contributed by atoms with Crippen molar-refractivity contribution in [1.82, 2.24) is 9.78 Å². The number of carbonyl (C=O) groups excluding carboxylic acids is 1. The summed E-state index contributed by atoms with van der Waals surface area (Å²) in [6.07, 6.45) is 3.04. The van der Waals surface area contributed by atoms with Gasteiger partial charge in [-0.3, -0.25) is 9.48 Å². The summed E-state index contributed by atoms with van der Waals surface area (Å²) in [6.45, 7) is 1.66. The molecule has 0 spiro atoms. The smallest absolute Gasteiger partial charge is 0.241 e. The average molecular weight is 154 g/mol. The fraction of sp³-hybridized carbons (Fsp3) is 0.333. The van der Waals surface area contributed by atoms with E-state index >= 15 is 0 Å². The van der Waals surface area contributed by atoms with E-state index in [-0.39, 0.29) is 0 Å². The van der Waals surface area contributed by atoms with Gasteiger partial charge in [0, 0.05) is 6.20 Å². The Morgan fingerprint density at radius 3 is 2.82 bits per heavy atom. The molecule has 11 heavy (non-hydrogen) atoms. The number of rotatable bonds is 2. The molecule has 0 saturated carbocycles. The SMILES string of the molecule is CC(C(N)=O)n1cc(N)cn1. The molecule has 0 fully saturated rings. The second-order valence-electron chi connectivity index (χ2n) is 2.33. The standard InChI is InChI=1S/C6H10N4O/c1-4(6(8)11)10-3-5(7)2-9-10/h2-4H,7H2,1H3,(H2,8,11). The van der Waals surface area contributed by atoms with E-state index in [1.807, 2.05) is 0 Å². The van der Waals surface area contributed by atoms with Crippen molar-refractivity contribution < 1.29 is 4.79 Å². The topological polar surface area (TPSA) is 86.9 Å². The van der Waals surface area contributed by atoms with Crippen molar-refractivity contribution in [2.24, 2.45) is 5.73 Å². The van der Waals surface area contributed by atoms with Gasteiger partial charge in [0.2, 0.25) is 5.91 Å². The van der Waals surface area contributed by atoms with E-state index in [1.165, 1.54) is 10.9 Å². The summed E-state index contributed by atoms with van der Waals surface area (Å²) in [5, 5.41) is 3.83. The van der Waals surface area contributed by atoms with Gasteiger partial charge in [-0.25, -0.2) is 0 Å². The lowest BCUT2D eigenvalue weighted by atomic mass is 10.3. The maximum atomic E-state index is 10.6. The highest BCUT2D eigenvalue weighted by molar-refractivity contribution is 5.77. The van der Waals surface area contributed by atoms with Gasteiger partial charge in [-0.2, -0.15) is 5.10 Å². The van der Waals surface area contributed by atoms with E-state index in [9.17, 15) is 4.79 Å². The molecule has 0 saturated heterocycles. The summed E-state index contributed by atoms with van der Waals surface area (Å²) in [7, 11) is 0. The Morgan fingerprint density at radius 2 is 2.45 bits per heavy atom. The summed E-state index contributed by atoms with van der Waals surface area (Å²) >= 11 is 0. The van der Waals surface area contributed by atoms with Crippen molar-refractivity contribution in [1.29, 1.82) is 0 Å². The molecule has 1 heterocycles. The molecule has 1 rings (SSSR count). The molecular weight excluding hydrogens is 144 g/mol. The molecule has 0 bridgehead atoms. The normalized spacial score (nSPS) is 12.8. The second-order valence-corrected chi connectivity index (χ2v) is 2.33. The van der Waals surface area contributed by atoms with Gasteiger partial charge in [0.1, 0.15) is 6.04 Å². The third-order valence-corrected chi connectivity index (χ3v) is 1.43. The molecule has 0 aliphatic heterocycles. The van der Waals surface area contributed by atoms with E-state index in [1.54, 1.807) is 13.1 Å². The highest BCUT2D eigenvalue weighted by atomic mass is 16.1. The summed E-state index contributed by atoms with van der Waals surface area (Å²) in [4.78, 5) is 10.6. The Morgan fingerprint density at radius 1 is 1.82 bits per heavy atom. The van der Waals surface area contributed by atoms with Gasteiger partial charge in [0.15, 0.2) is 0 Å². The highest BCUT2D eigenvalue weighted by Gasteiger charge is 2.10. The van der Waals surface area contributed by atoms with Crippen LogP contribution < -0.4 is 11.5 Å². The van der Waals surface area contributed by atoms with Crippen LogP contribution in [0.3, 0.4) is 0 Å². The van der Waals surface area contributed by atoms with Crippen LogP contribution in [-0.2, 0) is 4.79 Å². The molecular formula is C6H10N4O. The van der Waals surface area contributed by atoms with Gasteiger partial charge in [0.25, 0.3) is 0 Å². The monoisotopic (exact) mass is 154 g/mol. The van der Waals surface area contributed by atoms with Gasteiger partial charge < -0.3 is 11.5 Å². The Hall–Kier alpha value is -1.52. The molecule has 1 amide bonds. The molecule has 5 nitrogen and oxygen atoms in total. The minimum atomic E-state index is -0.438. The summed E-state index contributed by atoms with van der Waals surface area (Å²) in [5.74, 6) is -0.423. The molecule has 1 atom stereocenters. The van der Waals surface area contributed by atoms with Gasteiger partial charge in [-0.1, -0.05) is 0 Å². The summed E-state index contributed by atoms with van der Waals surface area (Å²) in [6, 6.07) is -0.438. The van der Waals surface area contributed by atoms with Crippen LogP contribution >= 0.6 is 0 Å². The van der Waals surface area contributed by atoms with Crippen molar-refractivity contribution in [3.05, 3.63) is 12.4 Å². The number of nitrogens with zero attached hydrogens (tertiary/aromatic N) is 2. The number of hydrogen-bond donors (Lipinski definition) is 2. The van der Waals surface area contributed by atoms with E-state index in [2.05, 4.69) is 5.10 Å². The third kappa shape index (κ3) is 1.49. The number of amides is 1. The van der Waals surface area contributed by atoms with Crippen LogP contribution in [0.5, 0.6) is 0 Å². The minimum absolute atomic E-state index is 0.423. The lowest BCUT2D eigenvalue weighted by Crippen LogP contribution is -2.24. The second kappa shape index (κ2) is 2.61. The molecule has 5 heteroatoms. The largest absolute Gasteiger partial charge is 0.396 e. The Kier molecular flexibility index (Phi) is 1.80. The average Bonchev–Trinajstić information content (AvgIpc) is 2.34. The first-order valence-corrected chi connectivity index (χ1v) is 3.20. The summed E-state index contributed by atoms with van der Waals surface area (Å²) < 4.78 is 1.43. The zero-order valence-corrected chi connectivity index (χ0v) is 6.19. The third-order valence-electron chi connectivity index (χ3n) is 1.43. The zero-order valence-electron chi connectivity index (χ0n) is 6.19. The van der Waals surface area contributed by atoms with E-state index < -0.39 is 11.9 Å². The van der Waals surface area contributed by atoms with Crippen LogP contribution in [0.1, 0.15) is 13.0 Å². The van der Waals surface area contributed by atoms with Crippen molar-refractivity contribution in [2.75, 3.05) is 5.73 Å². The van der Waals surface area contributed by atoms with E-state index in [4.69, 9.17) is 11.5 Å². The van der Waals surface area contributed by atoms with E-state index in [0.29, 0.717) is 5.69 Å². The molecule has 1 unspecified atom stereocenters. The van der Waals surface area contributed by atoms with Crippen LogP contribution in [0.2, 0.25) is 0 Å². The van der Waals surface area contributed by atoms with Crippen LogP contribution in [0, 0.1) is 0 Å². The van der Waals surface area contributed by atoms with Crippen molar-refractivity contribution in [3.63, 3.8) is 0 Å². The molecule has 0 aromatic carbocycles. The number of aromatic nitrogens is 2. The molecule has 1 aromatic heterocycles. The van der Waals surface area contributed by atoms with Gasteiger partial charge in [0.05, 0.1) is 11.9 Å². The first-order valence-electron chi connectivity index (χ1n) is 3.20. The molecule has 4 N–H and O–H groups in total. The van der Waals surface area contributed by atoms with Crippen molar-refractivity contribution in [2.45, 2.75) is 13.0 Å². The molecule has 1 aromatic rings. The highest BCUT2D eigenvalue weighted by Crippen LogP contribution is 2.05. The minimum Gasteiger partial charge on any atom is -0.396 e. The maximum Gasteiger partial charge on any atom is 0.241 e. The van der Waals surface area contributed by atoms with Gasteiger partial charge in [-0.05, 0) is 6.92 Å². The number of primary amides is 1. The zero-order chi connectivity index (χ0) is 8.43. The fourth-order valence-electron chi connectivity index (χ4n) is 0.695. The Bertz CT molecular complexity index is 267. The van der Waals surface area contributed by atoms with E-state index in [0.717, 1.165) is 0 Å². The van der Waals surface area contributed by atoms with Crippen LogP contribution in [-0.4, -0.2) is 15.7 Å². The maximum absolute atomic E-state index is 10.6. The quantitative estimate of drug-likeness (QED) is 0.602. The Labute approximate surface area is 64.0 Å². The van der Waals surface area contributed by atoms with Crippen molar-refractivity contribution >= 4 is 11.6 Å². The lowest BCUT2D eigenvalue weighted by Gasteiger charge is -2.05. The first-order chi connectivity index (χ1) is 5.11. The Balaban J connectivity index is 2.84. The van der Waals surface area contributed by atoms with Gasteiger partial charge >= 0.3 is 0 Å².